The molecular formula is C7H13N5. The molecule has 1 rings (SSSR count). The first-order valence-electron chi connectivity index (χ1n) is 3.71. The molecule has 0 unspecified atom stereocenters. The third kappa shape index (κ3) is 1.39. The molecule has 0 aliphatic carbocycles. The third-order valence-electron chi connectivity index (χ3n) is 1.57. The number of nitrogens with zero attached hydrogens (tertiary/aromatic N) is 2. The molecule has 1 aromatic rings. The monoisotopic (exact) mass is 167 g/mol. The quantitative estimate of drug-likeness (QED) is 0.615. The molecule has 66 valence electrons. The summed E-state index contributed by atoms with van der Waals surface area (Å²) >= 11 is 0. The van der Waals surface area contributed by atoms with Gasteiger partial charge in [0.1, 0.15) is 12.0 Å². The van der Waals surface area contributed by atoms with Gasteiger partial charge in [0.15, 0.2) is 11.6 Å². The lowest BCUT2D eigenvalue weighted by atomic mass is 10.4. The molecule has 5 heteroatoms. The van der Waals surface area contributed by atoms with Crippen LogP contribution in [0.3, 0.4) is 0 Å². The van der Waals surface area contributed by atoms with Gasteiger partial charge in [0, 0.05) is 21.1 Å². The minimum absolute atomic E-state index is 0.789. The van der Waals surface area contributed by atoms with Gasteiger partial charge in [-0.1, -0.05) is 0 Å². The minimum atomic E-state index is 0.789. The first-order chi connectivity index (χ1) is 5.83. The van der Waals surface area contributed by atoms with E-state index in [0.29, 0.717) is 0 Å². The highest BCUT2D eigenvalue weighted by Crippen LogP contribution is 2.24. The van der Waals surface area contributed by atoms with Crippen LogP contribution in [0, 0.1) is 0 Å². The fourth-order valence-corrected chi connectivity index (χ4v) is 1.00. The molecule has 0 aliphatic rings. The van der Waals surface area contributed by atoms with Gasteiger partial charge < -0.3 is 16.0 Å². The molecule has 0 saturated carbocycles. The number of aromatic nitrogens is 2. The third-order valence-corrected chi connectivity index (χ3v) is 1.57. The lowest BCUT2D eigenvalue weighted by molar-refractivity contribution is 1.15. The summed E-state index contributed by atoms with van der Waals surface area (Å²) in [5.41, 5.74) is 0.877. The van der Waals surface area contributed by atoms with Crippen molar-refractivity contribution in [2.45, 2.75) is 0 Å². The number of rotatable bonds is 3. The van der Waals surface area contributed by atoms with Crippen LogP contribution in [0.5, 0.6) is 0 Å². The second kappa shape index (κ2) is 3.75. The smallest absolute Gasteiger partial charge is 0.154 e. The second-order valence-corrected chi connectivity index (χ2v) is 2.20. The molecule has 5 nitrogen and oxygen atoms in total. The standard InChI is InChI=1S/C7H13N5/c1-8-5-6(9-2)11-4-12-7(5)10-3/h4,8H,1-3H3,(H2,9,10,11,12). The Bertz CT molecular complexity index is 238. The minimum Gasteiger partial charge on any atom is -0.382 e. The van der Waals surface area contributed by atoms with Crippen molar-refractivity contribution in [3.8, 4) is 0 Å². The fraction of sp³-hybridized carbons (Fsp3) is 0.429. The van der Waals surface area contributed by atoms with Crippen molar-refractivity contribution < 1.29 is 0 Å². The van der Waals surface area contributed by atoms with Crippen LogP contribution in [-0.2, 0) is 0 Å². The van der Waals surface area contributed by atoms with Crippen LogP contribution in [0.1, 0.15) is 0 Å². The van der Waals surface area contributed by atoms with E-state index in [1.807, 2.05) is 21.1 Å². The molecule has 0 radical (unpaired) electrons. The molecule has 3 N–H and O–H groups in total. The van der Waals surface area contributed by atoms with Crippen LogP contribution in [-0.4, -0.2) is 31.1 Å². The molecule has 0 fully saturated rings. The van der Waals surface area contributed by atoms with E-state index in [1.54, 1.807) is 0 Å². The zero-order valence-corrected chi connectivity index (χ0v) is 7.47. The van der Waals surface area contributed by atoms with Crippen molar-refractivity contribution in [3.05, 3.63) is 6.33 Å². The van der Waals surface area contributed by atoms with Gasteiger partial charge in [0.25, 0.3) is 0 Å². The lowest BCUT2D eigenvalue weighted by Crippen LogP contribution is -2.04. The van der Waals surface area contributed by atoms with Crippen LogP contribution >= 0.6 is 0 Å². The van der Waals surface area contributed by atoms with Crippen LogP contribution in [0.25, 0.3) is 0 Å². The zero-order valence-electron chi connectivity index (χ0n) is 7.47. The van der Waals surface area contributed by atoms with Gasteiger partial charge in [-0.3, -0.25) is 0 Å². The van der Waals surface area contributed by atoms with E-state index in [1.165, 1.54) is 6.33 Å². The molecule has 0 amide bonds. The van der Waals surface area contributed by atoms with Crippen LogP contribution in [0.4, 0.5) is 17.3 Å². The summed E-state index contributed by atoms with van der Waals surface area (Å²) < 4.78 is 0. The summed E-state index contributed by atoms with van der Waals surface area (Å²) in [6.45, 7) is 0. The Morgan fingerprint density at radius 2 is 1.42 bits per heavy atom. The van der Waals surface area contributed by atoms with Crippen LogP contribution < -0.4 is 16.0 Å². The number of hydrogen-bond donors (Lipinski definition) is 3. The first-order valence-corrected chi connectivity index (χ1v) is 3.71. The molecule has 0 spiro atoms. The normalized spacial score (nSPS) is 9.25. The van der Waals surface area contributed by atoms with Crippen LogP contribution in [0.2, 0.25) is 0 Å². The molecule has 0 bridgehead atoms. The summed E-state index contributed by atoms with van der Waals surface area (Å²) in [5, 5.41) is 8.95. The molecule has 1 aromatic heterocycles. The average Bonchev–Trinajstić information content (AvgIpc) is 2.16. The maximum atomic E-state index is 4.05. The summed E-state index contributed by atoms with van der Waals surface area (Å²) in [4.78, 5) is 8.10. The van der Waals surface area contributed by atoms with Gasteiger partial charge in [-0.25, -0.2) is 9.97 Å². The highest BCUT2D eigenvalue weighted by atomic mass is 15.1. The second-order valence-electron chi connectivity index (χ2n) is 2.20. The van der Waals surface area contributed by atoms with E-state index in [2.05, 4.69) is 25.9 Å². The number of anilines is 3. The Balaban J connectivity index is 3.13. The number of hydrogen-bond acceptors (Lipinski definition) is 5. The van der Waals surface area contributed by atoms with Gasteiger partial charge >= 0.3 is 0 Å². The Kier molecular flexibility index (Phi) is 2.68. The molecule has 0 atom stereocenters. The Morgan fingerprint density at radius 3 is 1.75 bits per heavy atom. The van der Waals surface area contributed by atoms with Gasteiger partial charge in [0.05, 0.1) is 0 Å². The van der Waals surface area contributed by atoms with Gasteiger partial charge in [-0.05, 0) is 0 Å². The van der Waals surface area contributed by atoms with E-state index in [0.717, 1.165) is 17.3 Å². The van der Waals surface area contributed by atoms with Gasteiger partial charge in [-0.15, -0.1) is 0 Å². The molecule has 0 aliphatic heterocycles. The molecule has 12 heavy (non-hydrogen) atoms. The van der Waals surface area contributed by atoms with E-state index < -0.39 is 0 Å². The van der Waals surface area contributed by atoms with E-state index in [9.17, 15) is 0 Å². The Morgan fingerprint density at radius 1 is 0.917 bits per heavy atom. The first kappa shape index (κ1) is 8.58. The maximum Gasteiger partial charge on any atom is 0.154 e. The van der Waals surface area contributed by atoms with Crippen molar-refractivity contribution >= 4 is 17.3 Å². The number of nitrogens with one attached hydrogen (secondary N) is 3. The predicted molar refractivity (Wildman–Crippen MR) is 50.7 cm³/mol. The molecule has 0 aromatic carbocycles. The largest absolute Gasteiger partial charge is 0.382 e. The highest BCUT2D eigenvalue weighted by Gasteiger charge is 2.05. The summed E-state index contributed by atoms with van der Waals surface area (Å²) in [5.74, 6) is 1.58. The van der Waals surface area contributed by atoms with Crippen molar-refractivity contribution in [1.29, 1.82) is 0 Å². The molecule has 1 heterocycles. The van der Waals surface area contributed by atoms with Crippen LogP contribution in [0.15, 0.2) is 6.33 Å². The topological polar surface area (TPSA) is 61.9 Å². The summed E-state index contributed by atoms with van der Waals surface area (Å²) in [7, 11) is 5.48. The Labute approximate surface area is 71.6 Å². The van der Waals surface area contributed by atoms with Gasteiger partial charge in [0.2, 0.25) is 0 Å². The van der Waals surface area contributed by atoms with Crippen molar-refractivity contribution in [2.24, 2.45) is 0 Å². The maximum absolute atomic E-state index is 4.05. The predicted octanol–water partition coefficient (Wildman–Crippen LogP) is 0.602. The highest BCUT2D eigenvalue weighted by molar-refractivity contribution is 5.76. The Hall–Kier alpha value is -1.52. The lowest BCUT2D eigenvalue weighted by Gasteiger charge is -2.10. The van der Waals surface area contributed by atoms with E-state index in [4.69, 9.17) is 0 Å². The van der Waals surface area contributed by atoms with Crippen molar-refractivity contribution in [2.75, 3.05) is 37.1 Å². The zero-order chi connectivity index (χ0) is 8.97. The van der Waals surface area contributed by atoms with E-state index in [-0.39, 0.29) is 0 Å². The van der Waals surface area contributed by atoms with E-state index >= 15 is 0 Å². The summed E-state index contributed by atoms with van der Waals surface area (Å²) in [6.07, 6.45) is 1.51. The summed E-state index contributed by atoms with van der Waals surface area (Å²) in [6, 6.07) is 0. The SMILES string of the molecule is CNc1ncnc(NC)c1NC. The van der Waals surface area contributed by atoms with Gasteiger partial charge in [-0.2, -0.15) is 0 Å². The molecular weight excluding hydrogens is 154 g/mol. The fourth-order valence-electron chi connectivity index (χ4n) is 1.00. The average molecular weight is 167 g/mol. The molecule has 0 saturated heterocycles. The van der Waals surface area contributed by atoms with Crippen molar-refractivity contribution in [1.82, 2.24) is 9.97 Å². The van der Waals surface area contributed by atoms with Crippen molar-refractivity contribution in [3.63, 3.8) is 0 Å².